The number of hydrazone groups is 1. The SMILES string of the molecule is COc1cc(/C=N\NC(=O)CN(c2ccc(C)cc2)S(=O)(=O)c2ccccc2)cc(Br)c1OCc1ccc(Cl)cc1. The minimum atomic E-state index is -4.01. The molecule has 8 nitrogen and oxygen atoms in total. The Labute approximate surface area is 252 Å². The molecule has 212 valence electrons. The van der Waals surface area contributed by atoms with E-state index in [1.54, 1.807) is 66.7 Å². The summed E-state index contributed by atoms with van der Waals surface area (Å²) in [7, 11) is -2.49. The van der Waals surface area contributed by atoms with Gasteiger partial charge in [0.1, 0.15) is 13.2 Å². The smallest absolute Gasteiger partial charge is 0.264 e. The van der Waals surface area contributed by atoms with Crippen molar-refractivity contribution in [1.29, 1.82) is 0 Å². The van der Waals surface area contributed by atoms with E-state index in [0.29, 0.717) is 38.9 Å². The first-order valence-electron chi connectivity index (χ1n) is 12.4. The van der Waals surface area contributed by atoms with Gasteiger partial charge in [0.15, 0.2) is 11.5 Å². The van der Waals surface area contributed by atoms with Gasteiger partial charge in [-0.1, -0.05) is 59.6 Å². The van der Waals surface area contributed by atoms with Crippen molar-refractivity contribution in [3.63, 3.8) is 0 Å². The molecule has 0 radical (unpaired) electrons. The molecule has 0 aliphatic carbocycles. The summed E-state index contributed by atoms with van der Waals surface area (Å²) in [6.07, 6.45) is 1.43. The average molecular weight is 657 g/mol. The fraction of sp³-hybridized carbons (Fsp3) is 0.133. The second-order valence-corrected chi connectivity index (χ2v) is 12.1. The molecule has 4 aromatic carbocycles. The molecule has 0 fully saturated rings. The van der Waals surface area contributed by atoms with Crippen molar-refractivity contribution in [2.75, 3.05) is 18.0 Å². The summed E-state index contributed by atoms with van der Waals surface area (Å²) in [5.74, 6) is 0.347. The van der Waals surface area contributed by atoms with Gasteiger partial charge >= 0.3 is 0 Å². The lowest BCUT2D eigenvalue weighted by molar-refractivity contribution is -0.119. The first-order valence-corrected chi connectivity index (χ1v) is 15.0. The molecule has 0 spiro atoms. The maximum atomic E-state index is 13.4. The first-order chi connectivity index (χ1) is 19.7. The molecule has 1 N–H and O–H groups in total. The number of carbonyl (C=O) groups excluding carboxylic acids is 1. The minimum Gasteiger partial charge on any atom is -0.493 e. The predicted octanol–water partition coefficient (Wildman–Crippen LogP) is 6.34. The number of methoxy groups -OCH3 is 1. The Kier molecular flexibility index (Phi) is 10.0. The summed E-state index contributed by atoms with van der Waals surface area (Å²) >= 11 is 9.45. The van der Waals surface area contributed by atoms with Crippen molar-refractivity contribution in [3.05, 3.63) is 117 Å². The van der Waals surface area contributed by atoms with E-state index in [2.05, 4.69) is 26.5 Å². The minimum absolute atomic E-state index is 0.0761. The number of carbonyl (C=O) groups is 1. The third-order valence-electron chi connectivity index (χ3n) is 5.89. The Morgan fingerprint density at radius 2 is 1.71 bits per heavy atom. The van der Waals surface area contributed by atoms with Gasteiger partial charge in [0, 0.05) is 5.02 Å². The maximum absolute atomic E-state index is 13.4. The Bertz CT molecular complexity index is 1630. The highest BCUT2D eigenvalue weighted by atomic mass is 79.9. The van der Waals surface area contributed by atoms with Crippen LogP contribution in [0.25, 0.3) is 0 Å². The fourth-order valence-electron chi connectivity index (χ4n) is 3.78. The van der Waals surface area contributed by atoms with Crippen LogP contribution in [0.5, 0.6) is 11.5 Å². The number of sulfonamides is 1. The maximum Gasteiger partial charge on any atom is 0.264 e. The van der Waals surface area contributed by atoms with Crippen molar-refractivity contribution in [3.8, 4) is 11.5 Å². The Balaban J connectivity index is 1.47. The highest BCUT2D eigenvalue weighted by Gasteiger charge is 2.27. The van der Waals surface area contributed by atoms with Crippen LogP contribution in [0.15, 0.2) is 105 Å². The number of amides is 1. The van der Waals surface area contributed by atoms with Crippen LogP contribution in [-0.2, 0) is 21.4 Å². The number of ether oxygens (including phenoxy) is 2. The molecule has 0 heterocycles. The molecule has 0 saturated carbocycles. The lowest BCUT2D eigenvalue weighted by atomic mass is 10.2. The van der Waals surface area contributed by atoms with Crippen molar-refractivity contribution < 1.29 is 22.7 Å². The van der Waals surface area contributed by atoms with E-state index in [1.807, 2.05) is 19.1 Å². The monoisotopic (exact) mass is 655 g/mol. The van der Waals surface area contributed by atoms with Gasteiger partial charge in [-0.3, -0.25) is 9.10 Å². The lowest BCUT2D eigenvalue weighted by Gasteiger charge is -2.23. The Morgan fingerprint density at radius 1 is 1.02 bits per heavy atom. The number of hydrogen-bond donors (Lipinski definition) is 1. The number of nitrogens with zero attached hydrogens (tertiary/aromatic N) is 2. The zero-order valence-electron chi connectivity index (χ0n) is 22.3. The van der Waals surface area contributed by atoms with Crippen LogP contribution in [0.3, 0.4) is 0 Å². The molecule has 0 saturated heterocycles. The van der Waals surface area contributed by atoms with Crippen LogP contribution < -0.4 is 19.2 Å². The molecule has 0 aliphatic heterocycles. The van der Waals surface area contributed by atoms with Crippen molar-refractivity contribution in [2.45, 2.75) is 18.4 Å². The van der Waals surface area contributed by atoms with Gasteiger partial charge in [0.25, 0.3) is 15.9 Å². The number of aryl methyl sites for hydroxylation is 1. The van der Waals surface area contributed by atoms with Gasteiger partial charge in [-0.25, -0.2) is 13.8 Å². The van der Waals surface area contributed by atoms with Gasteiger partial charge < -0.3 is 9.47 Å². The second-order valence-electron chi connectivity index (χ2n) is 8.90. The number of rotatable bonds is 11. The normalized spacial score (nSPS) is 11.3. The van der Waals surface area contributed by atoms with Gasteiger partial charge in [0.05, 0.1) is 28.4 Å². The quantitative estimate of drug-likeness (QED) is 0.150. The van der Waals surface area contributed by atoms with E-state index in [1.165, 1.54) is 25.5 Å². The van der Waals surface area contributed by atoms with E-state index in [4.69, 9.17) is 21.1 Å². The predicted molar refractivity (Wildman–Crippen MR) is 164 cm³/mol. The summed E-state index contributed by atoms with van der Waals surface area (Å²) in [6.45, 7) is 1.73. The topological polar surface area (TPSA) is 97.3 Å². The second kappa shape index (κ2) is 13.7. The molecule has 0 unspecified atom stereocenters. The fourth-order valence-corrected chi connectivity index (χ4v) is 5.92. The molecular formula is C30H27BrClN3O5S. The third kappa shape index (κ3) is 7.87. The Hall–Kier alpha value is -3.86. The summed E-state index contributed by atoms with van der Waals surface area (Å²) < 4.78 is 40.0. The molecule has 11 heteroatoms. The zero-order valence-corrected chi connectivity index (χ0v) is 25.4. The molecular weight excluding hydrogens is 630 g/mol. The number of nitrogens with one attached hydrogen (secondary N) is 1. The summed E-state index contributed by atoms with van der Waals surface area (Å²) in [5.41, 5.74) is 5.29. The van der Waals surface area contributed by atoms with Crippen molar-refractivity contribution in [2.24, 2.45) is 5.10 Å². The van der Waals surface area contributed by atoms with E-state index < -0.39 is 22.5 Å². The van der Waals surface area contributed by atoms with Crippen molar-refractivity contribution in [1.82, 2.24) is 5.43 Å². The highest BCUT2D eigenvalue weighted by Crippen LogP contribution is 2.37. The molecule has 1 amide bonds. The molecule has 0 bridgehead atoms. The summed E-state index contributed by atoms with van der Waals surface area (Å²) in [6, 6.07) is 25.6. The van der Waals surface area contributed by atoms with Crippen LogP contribution in [0, 0.1) is 6.92 Å². The summed E-state index contributed by atoms with van der Waals surface area (Å²) in [5, 5.41) is 4.67. The number of anilines is 1. The van der Waals surface area contributed by atoms with E-state index in [9.17, 15) is 13.2 Å². The van der Waals surface area contributed by atoms with E-state index >= 15 is 0 Å². The molecule has 0 atom stereocenters. The lowest BCUT2D eigenvalue weighted by Crippen LogP contribution is -2.39. The average Bonchev–Trinajstić information content (AvgIpc) is 2.97. The number of benzene rings is 4. The summed E-state index contributed by atoms with van der Waals surface area (Å²) in [4.78, 5) is 12.9. The van der Waals surface area contributed by atoms with Gasteiger partial charge in [-0.05, 0) is 82.5 Å². The Morgan fingerprint density at radius 3 is 2.37 bits per heavy atom. The third-order valence-corrected chi connectivity index (χ3v) is 8.52. The van der Waals surface area contributed by atoms with Gasteiger partial charge in [-0.15, -0.1) is 0 Å². The van der Waals surface area contributed by atoms with Crippen LogP contribution in [0.1, 0.15) is 16.7 Å². The molecule has 41 heavy (non-hydrogen) atoms. The molecule has 0 aromatic heterocycles. The highest BCUT2D eigenvalue weighted by molar-refractivity contribution is 9.10. The van der Waals surface area contributed by atoms with E-state index in [0.717, 1.165) is 15.4 Å². The zero-order chi connectivity index (χ0) is 29.4. The molecule has 4 rings (SSSR count). The first kappa shape index (κ1) is 30.1. The van der Waals surface area contributed by atoms with Crippen LogP contribution in [0.4, 0.5) is 5.69 Å². The van der Waals surface area contributed by atoms with Crippen LogP contribution >= 0.6 is 27.5 Å². The van der Waals surface area contributed by atoms with E-state index in [-0.39, 0.29) is 4.90 Å². The van der Waals surface area contributed by atoms with Crippen LogP contribution in [0.2, 0.25) is 5.02 Å². The molecule has 0 aliphatic rings. The van der Waals surface area contributed by atoms with Gasteiger partial charge in [-0.2, -0.15) is 5.10 Å². The van der Waals surface area contributed by atoms with Gasteiger partial charge in [0.2, 0.25) is 0 Å². The molecule has 4 aromatic rings. The van der Waals surface area contributed by atoms with Crippen molar-refractivity contribution >= 4 is 55.4 Å². The number of hydrogen-bond acceptors (Lipinski definition) is 6. The van der Waals surface area contributed by atoms with Crippen LogP contribution in [-0.4, -0.2) is 34.2 Å². The number of halogens is 2. The largest absolute Gasteiger partial charge is 0.493 e. The standard InChI is InChI=1S/C30H27BrClN3O5S/c1-21-8-14-25(15-9-21)35(41(37,38)26-6-4-3-5-7-26)19-29(36)34-33-18-23-16-27(31)30(28(17-23)39-2)40-20-22-10-12-24(32)13-11-22/h3-18H,19-20H2,1-2H3,(H,34,36)/b33-18-.